The third-order valence-electron chi connectivity index (χ3n) is 10.4. The first-order valence-electron chi connectivity index (χ1n) is 17.9. The Bertz CT molecular complexity index is 2870. The van der Waals surface area contributed by atoms with E-state index >= 15 is 0 Å². The molecule has 9 aromatic carbocycles. The number of nitrogens with zero attached hydrogens (tertiary/aromatic N) is 2. The van der Waals surface area contributed by atoms with Gasteiger partial charge in [0.25, 0.3) is 0 Å². The molecule has 0 amide bonds. The third kappa shape index (κ3) is 5.04. The number of aromatic nitrogens is 1. The largest absolute Gasteiger partial charge is 0.310 e. The van der Waals surface area contributed by atoms with Gasteiger partial charge in [-0.05, 0) is 93.0 Å². The van der Waals surface area contributed by atoms with Crippen LogP contribution in [0.2, 0.25) is 0 Å². The fourth-order valence-electron chi connectivity index (χ4n) is 7.89. The molecular formula is C50H34N2. The average Bonchev–Trinajstić information content (AvgIpc) is 3.56. The molecule has 1 heterocycles. The van der Waals surface area contributed by atoms with E-state index < -0.39 is 0 Å². The summed E-state index contributed by atoms with van der Waals surface area (Å²) in [4.78, 5) is 2.41. The Kier molecular flexibility index (Phi) is 7.18. The second-order valence-corrected chi connectivity index (χ2v) is 13.4. The van der Waals surface area contributed by atoms with Crippen LogP contribution in [-0.4, -0.2) is 4.57 Å². The monoisotopic (exact) mass is 662 g/mol. The zero-order valence-corrected chi connectivity index (χ0v) is 28.5. The quantitative estimate of drug-likeness (QED) is 0.161. The minimum atomic E-state index is 1.11. The van der Waals surface area contributed by atoms with Crippen molar-refractivity contribution in [3.63, 3.8) is 0 Å². The minimum absolute atomic E-state index is 1.11. The summed E-state index contributed by atoms with van der Waals surface area (Å²) in [6, 6.07) is 74.7. The molecule has 10 rings (SSSR count). The van der Waals surface area contributed by atoms with Crippen molar-refractivity contribution < 1.29 is 0 Å². The maximum atomic E-state index is 2.41. The predicted octanol–water partition coefficient (Wildman–Crippen LogP) is 13.9. The lowest BCUT2D eigenvalue weighted by Crippen LogP contribution is -2.10. The van der Waals surface area contributed by atoms with Crippen molar-refractivity contribution in [3.05, 3.63) is 206 Å². The minimum Gasteiger partial charge on any atom is -0.310 e. The van der Waals surface area contributed by atoms with E-state index in [1.807, 2.05) is 0 Å². The summed E-state index contributed by atoms with van der Waals surface area (Å²) in [5.41, 5.74) is 11.7. The van der Waals surface area contributed by atoms with E-state index in [1.54, 1.807) is 0 Å². The normalized spacial score (nSPS) is 11.5. The summed E-state index contributed by atoms with van der Waals surface area (Å²) >= 11 is 0. The summed E-state index contributed by atoms with van der Waals surface area (Å²) in [7, 11) is 0. The zero-order chi connectivity index (χ0) is 34.4. The maximum absolute atomic E-state index is 2.41. The van der Waals surface area contributed by atoms with Gasteiger partial charge < -0.3 is 9.47 Å². The zero-order valence-electron chi connectivity index (χ0n) is 28.5. The van der Waals surface area contributed by atoms with Crippen LogP contribution in [0, 0.1) is 0 Å². The number of benzene rings is 9. The number of hydrogen-bond acceptors (Lipinski definition) is 1. The van der Waals surface area contributed by atoms with E-state index in [4.69, 9.17) is 0 Å². The van der Waals surface area contributed by atoms with Crippen LogP contribution in [0.3, 0.4) is 0 Å². The molecule has 0 radical (unpaired) electrons. The lowest BCUT2D eigenvalue weighted by Gasteiger charge is -2.28. The molecule has 0 bridgehead atoms. The van der Waals surface area contributed by atoms with Crippen molar-refractivity contribution in [2.45, 2.75) is 0 Å². The van der Waals surface area contributed by atoms with Crippen LogP contribution in [0.5, 0.6) is 0 Å². The molecule has 0 saturated carbocycles. The molecule has 2 nitrogen and oxygen atoms in total. The highest BCUT2D eigenvalue weighted by Crippen LogP contribution is 2.43. The third-order valence-corrected chi connectivity index (χ3v) is 10.4. The summed E-state index contributed by atoms with van der Waals surface area (Å²) < 4.78 is 2.38. The first-order chi connectivity index (χ1) is 25.8. The highest BCUT2D eigenvalue weighted by Gasteiger charge is 2.18. The van der Waals surface area contributed by atoms with E-state index in [0.29, 0.717) is 0 Å². The molecule has 0 spiro atoms. The van der Waals surface area contributed by atoms with Gasteiger partial charge in [0.2, 0.25) is 0 Å². The van der Waals surface area contributed by atoms with Crippen molar-refractivity contribution in [2.24, 2.45) is 0 Å². The lowest BCUT2D eigenvalue weighted by molar-refractivity contribution is 1.18. The lowest BCUT2D eigenvalue weighted by atomic mass is 9.98. The predicted molar refractivity (Wildman–Crippen MR) is 221 cm³/mol. The van der Waals surface area contributed by atoms with Gasteiger partial charge in [0.1, 0.15) is 0 Å². The molecule has 2 heteroatoms. The van der Waals surface area contributed by atoms with Gasteiger partial charge in [-0.3, -0.25) is 0 Å². The SMILES string of the molecule is c1ccc(-c2ccc(N(c3ccc(-c4ccc5c6ccccc6n(-c6ccccc6)c5c4)cc3)c3cc4ccccc4c4ccccc34)cc2)cc1. The Morgan fingerprint density at radius 1 is 0.308 bits per heavy atom. The maximum Gasteiger partial charge on any atom is 0.0547 e. The van der Waals surface area contributed by atoms with Gasteiger partial charge in [-0.25, -0.2) is 0 Å². The van der Waals surface area contributed by atoms with Crippen LogP contribution in [0.1, 0.15) is 0 Å². The molecule has 0 aliphatic carbocycles. The van der Waals surface area contributed by atoms with E-state index in [-0.39, 0.29) is 0 Å². The average molecular weight is 663 g/mol. The van der Waals surface area contributed by atoms with Gasteiger partial charge in [0.05, 0.1) is 16.7 Å². The Labute approximate surface area is 303 Å². The van der Waals surface area contributed by atoms with Crippen LogP contribution in [0.15, 0.2) is 206 Å². The molecule has 0 aliphatic rings. The molecule has 0 unspecified atom stereocenters. The fraction of sp³-hybridized carbons (Fsp3) is 0. The van der Waals surface area contributed by atoms with Crippen molar-refractivity contribution in [2.75, 3.05) is 4.90 Å². The Hall–Kier alpha value is -6.90. The summed E-state index contributed by atoms with van der Waals surface area (Å²) in [5, 5.41) is 7.48. The first-order valence-corrected chi connectivity index (χ1v) is 17.9. The van der Waals surface area contributed by atoms with Gasteiger partial charge >= 0.3 is 0 Å². The van der Waals surface area contributed by atoms with Gasteiger partial charge in [0, 0.05) is 33.2 Å². The van der Waals surface area contributed by atoms with Gasteiger partial charge in [-0.15, -0.1) is 0 Å². The van der Waals surface area contributed by atoms with Crippen molar-refractivity contribution >= 4 is 60.4 Å². The van der Waals surface area contributed by atoms with E-state index in [9.17, 15) is 0 Å². The molecular weight excluding hydrogens is 629 g/mol. The molecule has 1 aromatic heterocycles. The van der Waals surface area contributed by atoms with Gasteiger partial charge in [-0.2, -0.15) is 0 Å². The van der Waals surface area contributed by atoms with Crippen LogP contribution in [-0.2, 0) is 0 Å². The molecule has 0 atom stereocenters. The molecule has 0 N–H and O–H groups in total. The molecule has 52 heavy (non-hydrogen) atoms. The van der Waals surface area contributed by atoms with Crippen molar-refractivity contribution in [1.29, 1.82) is 0 Å². The van der Waals surface area contributed by atoms with Crippen LogP contribution < -0.4 is 4.90 Å². The van der Waals surface area contributed by atoms with Crippen molar-refractivity contribution in [3.8, 4) is 27.9 Å². The Morgan fingerprint density at radius 3 is 1.52 bits per heavy atom. The summed E-state index contributed by atoms with van der Waals surface area (Å²) in [6.45, 7) is 0. The fourth-order valence-corrected chi connectivity index (χ4v) is 7.89. The number of fused-ring (bicyclic) bond motifs is 6. The molecule has 0 saturated heterocycles. The first kappa shape index (κ1) is 30.0. The van der Waals surface area contributed by atoms with Gasteiger partial charge in [0.15, 0.2) is 0 Å². The molecule has 0 aliphatic heterocycles. The van der Waals surface area contributed by atoms with Crippen LogP contribution >= 0.6 is 0 Å². The van der Waals surface area contributed by atoms with E-state index in [0.717, 1.165) is 22.7 Å². The topological polar surface area (TPSA) is 8.17 Å². The number of hydrogen-bond donors (Lipinski definition) is 0. The second-order valence-electron chi connectivity index (χ2n) is 13.4. The smallest absolute Gasteiger partial charge is 0.0547 e. The Balaban J connectivity index is 1.12. The summed E-state index contributed by atoms with van der Waals surface area (Å²) in [5.74, 6) is 0. The standard InChI is InChI=1S/C50H34N2/c1-3-13-35(14-4-1)36-23-28-41(29-24-36)51(49-34-39-15-7-8-18-43(39)44-19-9-10-20-45(44)49)42-30-25-37(26-31-42)38-27-32-47-46-21-11-12-22-48(46)52(50(47)33-38)40-16-5-2-6-17-40/h1-34H. The number of rotatable bonds is 6. The molecule has 10 aromatic rings. The van der Waals surface area contributed by atoms with Gasteiger partial charge in [-0.1, -0.05) is 152 Å². The highest BCUT2D eigenvalue weighted by molar-refractivity contribution is 6.15. The molecule has 244 valence electrons. The van der Waals surface area contributed by atoms with Crippen LogP contribution in [0.25, 0.3) is 71.3 Å². The Morgan fingerprint density at radius 2 is 0.808 bits per heavy atom. The highest BCUT2D eigenvalue weighted by atomic mass is 15.1. The van der Waals surface area contributed by atoms with E-state index in [1.165, 1.54) is 65.6 Å². The van der Waals surface area contributed by atoms with Crippen LogP contribution in [0.4, 0.5) is 17.1 Å². The van der Waals surface area contributed by atoms with Crippen molar-refractivity contribution in [1.82, 2.24) is 4.57 Å². The second kappa shape index (κ2) is 12.5. The molecule has 0 fully saturated rings. The number of para-hydroxylation sites is 2. The summed E-state index contributed by atoms with van der Waals surface area (Å²) in [6.07, 6.45) is 0. The number of anilines is 3. The van der Waals surface area contributed by atoms with E-state index in [2.05, 4.69) is 216 Å².